The Morgan fingerprint density at radius 2 is 2.36 bits per heavy atom. The zero-order valence-corrected chi connectivity index (χ0v) is 8.52. The van der Waals surface area contributed by atoms with E-state index in [0.29, 0.717) is 10.8 Å². The molecule has 2 aromatic rings. The van der Waals surface area contributed by atoms with E-state index in [9.17, 15) is 0 Å². The van der Waals surface area contributed by atoms with Crippen molar-refractivity contribution in [1.29, 1.82) is 0 Å². The van der Waals surface area contributed by atoms with Gasteiger partial charge in [-0.1, -0.05) is 17.7 Å². The lowest BCUT2D eigenvalue weighted by molar-refractivity contribution is 0.349. The van der Waals surface area contributed by atoms with Gasteiger partial charge in [0.05, 0.1) is 15.9 Å². The summed E-state index contributed by atoms with van der Waals surface area (Å²) in [5, 5.41) is 6.92. The molecule has 14 heavy (non-hydrogen) atoms. The van der Waals surface area contributed by atoms with Gasteiger partial charge in [-0.15, -0.1) is 0 Å². The highest BCUT2D eigenvalue weighted by atomic mass is 35.5. The van der Waals surface area contributed by atoms with Crippen molar-refractivity contribution >= 4 is 39.9 Å². The van der Waals surface area contributed by atoms with Gasteiger partial charge in [-0.05, 0) is 29.5 Å². The lowest BCUT2D eigenvalue weighted by Crippen LogP contribution is -1.82. The number of halogens is 1. The average Bonchev–Trinajstić information content (AvgIpc) is 2.58. The van der Waals surface area contributed by atoms with Crippen LogP contribution in [-0.2, 0) is 0 Å². The maximum Gasteiger partial charge on any atom is 0.169 e. The highest BCUT2D eigenvalue weighted by molar-refractivity contribution is 7.78. The van der Waals surface area contributed by atoms with Crippen molar-refractivity contribution in [3.63, 3.8) is 0 Å². The van der Waals surface area contributed by atoms with E-state index < -0.39 is 0 Å². The van der Waals surface area contributed by atoms with Crippen molar-refractivity contribution in [2.24, 2.45) is 5.16 Å². The molecule has 1 N–H and O–H groups in total. The Morgan fingerprint density at radius 3 is 3.14 bits per heavy atom. The number of H-pyrrole nitrogens is 1. The number of benzene rings is 1. The monoisotopic (exact) mass is 224 g/mol. The van der Waals surface area contributed by atoms with Gasteiger partial charge in [0.2, 0.25) is 0 Å². The third kappa shape index (κ3) is 1.51. The second kappa shape index (κ2) is 3.80. The SMILES string of the molecule is S=C=NOc1cccc2[nH]cc(Cl)c12. The van der Waals surface area contributed by atoms with Crippen molar-refractivity contribution < 1.29 is 4.84 Å². The highest BCUT2D eigenvalue weighted by Crippen LogP contribution is 2.31. The van der Waals surface area contributed by atoms with E-state index in [1.54, 1.807) is 12.3 Å². The van der Waals surface area contributed by atoms with Crippen LogP contribution < -0.4 is 4.84 Å². The second-order valence-corrected chi connectivity index (χ2v) is 3.18. The quantitative estimate of drug-likeness (QED) is 0.483. The molecule has 0 radical (unpaired) electrons. The molecule has 0 saturated heterocycles. The molecule has 0 bridgehead atoms. The lowest BCUT2D eigenvalue weighted by Gasteiger charge is -1.98. The largest absolute Gasteiger partial charge is 0.360 e. The van der Waals surface area contributed by atoms with Crippen LogP contribution >= 0.6 is 23.8 Å². The first kappa shape index (κ1) is 9.21. The molecule has 0 spiro atoms. The van der Waals surface area contributed by atoms with Gasteiger partial charge < -0.3 is 9.82 Å². The van der Waals surface area contributed by atoms with Gasteiger partial charge in [-0.2, -0.15) is 0 Å². The number of fused-ring (bicyclic) bond motifs is 1. The number of aromatic amines is 1. The minimum atomic E-state index is 0.561. The molecule has 1 heterocycles. The summed E-state index contributed by atoms with van der Waals surface area (Å²) in [5.74, 6) is 0.561. The first-order chi connectivity index (χ1) is 6.83. The van der Waals surface area contributed by atoms with Crippen LogP contribution in [-0.4, -0.2) is 10.1 Å². The fourth-order valence-electron chi connectivity index (χ4n) is 1.25. The summed E-state index contributed by atoms with van der Waals surface area (Å²) in [6.07, 6.45) is 1.69. The predicted octanol–water partition coefficient (Wildman–Crippen LogP) is 3.22. The van der Waals surface area contributed by atoms with Crippen molar-refractivity contribution in [3.8, 4) is 5.75 Å². The van der Waals surface area contributed by atoms with Crippen LogP contribution in [0.3, 0.4) is 0 Å². The number of thiocarbonyl (C=S) groups is 1. The molecule has 0 saturated carbocycles. The van der Waals surface area contributed by atoms with Crippen molar-refractivity contribution in [3.05, 3.63) is 29.4 Å². The van der Waals surface area contributed by atoms with Crippen molar-refractivity contribution in [2.45, 2.75) is 0 Å². The standard InChI is InChI=1S/C9H5ClN2OS/c10-6-4-11-7-2-1-3-8(9(6)7)13-12-5-14/h1-4,11H. The summed E-state index contributed by atoms with van der Waals surface area (Å²) < 4.78 is 0. The Hall–Kier alpha value is -1.35. The summed E-state index contributed by atoms with van der Waals surface area (Å²) in [7, 11) is 0. The Kier molecular flexibility index (Phi) is 2.50. The predicted molar refractivity (Wildman–Crippen MR) is 59.0 cm³/mol. The van der Waals surface area contributed by atoms with Crippen LogP contribution in [0.5, 0.6) is 5.75 Å². The molecule has 0 unspecified atom stereocenters. The van der Waals surface area contributed by atoms with Crippen LogP contribution in [0.4, 0.5) is 0 Å². The number of hydrogen-bond donors (Lipinski definition) is 1. The van der Waals surface area contributed by atoms with Gasteiger partial charge in [0, 0.05) is 6.20 Å². The molecular formula is C9H5ClN2OS. The molecule has 0 aliphatic heterocycles. The van der Waals surface area contributed by atoms with Gasteiger partial charge in [0.15, 0.2) is 5.75 Å². The molecule has 3 nitrogen and oxygen atoms in total. The topological polar surface area (TPSA) is 37.4 Å². The van der Waals surface area contributed by atoms with E-state index in [2.05, 4.69) is 27.5 Å². The fourth-order valence-corrected chi connectivity index (χ4v) is 1.54. The van der Waals surface area contributed by atoms with Gasteiger partial charge in [-0.3, -0.25) is 0 Å². The van der Waals surface area contributed by atoms with Crippen molar-refractivity contribution in [2.75, 3.05) is 0 Å². The second-order valence-electron chi connectivity index (χ2n) is 2.59. The third-order valence-corrected chi connectivity index (χ3v) is 2.17. The minimum Gasteiger partial charge on any atom is -0.360 e. The average molecular weight is 225 g/mol. The number of aromatic nitrogens is 1. The molecular weight excluding hydrogens is 220 g/mol. The molecule has 0 fully saturated rings. The Bertz CT molecular complexity index is 517. The summed E-state index contributed by atoms with van der Waals surface area (Å²) in [6, 6.07) is 5.50. The molecule has 70 valence electrons. The van der Waals surface area contributed by atoms with Crippen LogP contribution in [0.1, 0.15) is 0 Å². The molecule has 1 aromatic heterocycles. The van der Waals surface area contributed by atoms with E-state index in [1.165, 1.54) is 0 Å². The van der Waals surface area contributed by atoms with Gasteiger partial charge >= 0.3 is 0 Å². The highest BCUT2D eigenvalue weighted by Gasteiger charge is 2.07. The van der Waals surface area contributed by atoms with E-state index in [0.717, 1.165) is 10.9 Å². The van der Waals surface area contributed by atoms with Gasteiger partial charge in [-0.25, -0.2) is 0 Å². The van der Waals surface area contributed by atoms with E-state index in [1.807, 2.05) is 12.1 Å². The lowest BCUT2D eigenvalue weighted by atomic mass is 10.2. The number of nitrogens with zero attached hydrogens (tertiary/aromatic N) is 1. The Balaban J connectivity index is 2.62. The number of hydrogen-bond acceptors (Lipinski definition) is 3. The Morgan fingerprint density at radius 1 is 1.50 bits per heavy atom. The number of nitrogens with one attached hydrogen (secondary N) is 1. The van der Waals surface area contributed by atoms with Crippen LogP contribution in [0, 0.1) is 0 Å². The summed E-state index contributed by atoms with van der Waals surface area (Å²) in [4.78, 5) is 8.02. The van der Waals surface area contributed by atoms with E-state index in [-0.39, 0.29) is 0 Å². The molecule has 0 aliphatic carbocycles. The fraction of sp³-hybridized carbons (Fsp3) is 0. The minimum absolute atomic E-state index is 0.561. The third-order valence-electron chi connectivity index (χ3n) is 1.80. The first-order valence-corrected chi connectivity index (χ1v) is 4.61. The maximum absolute atomic E-state index is 5.96. The normalized spacial score (nSPS) is 9.79. The van der Waals surface area contributed by atoms with Crippen LogP contribution in [0.15, 0.2) is 29.6 Å². The van der Waals surface area contributed by atoms with Gasteiger partial charge in [0.1, 0.15) is 5.16 Å². The molecule has 0 atom stereocenters. The maximum atomic E-state index is 5.96. The van der Waals surface area contributed by atoms with Gasteiger partial charge in [0.25, 0.3) is 0 Å². The molecule has 1 aromatic carbocycles. The van der Waals surface area contributed by atoms with Crippen LogP contribution in [0.25, 0.3) is 10.9 Å². The summed E-state index contributed by atoms with van der Waals surface area (Å²) in [6.45, 7) is 0. The molecule has 0 amide bonds. The molecule has 5 heteroatoms. The Labute approximate surface area is 90.3 Å². The van der Waals surface area contributed by atoms with Crippen molar-refractivity contribution in [1.82, 2.24) is 4.98 Å². The zero-order valence-electron chi connectivity index (χ0n) is 6.95. The molecule has 0 aliphatic rings. The number of isothiocyanates is 1. The van der Waals surface area contributed by atoms with Crippen LogP contribution in [0.2, 0.25) is 5.02 Å². The smallest absolute Gasteiger partial charge is 0.169 e. The number of rotatable bonds is 2. The van der Waals surface area contributed by atoms with E-state index in [4.69, 9.17) is 16.4 Å². The zero-order chi connectivity index (χ0) is 9.97. The van der Waals surface area contributed by atoms with E-state index >= 15 is 0 Å². The summed E-state index contributed by atoms with van der Waals surface area (Å²) >= 11 is 10.4. The first-order valence-electron chi connectivity index (χ1n) is 3.82. The summed E-state index contributed by atoms with van der Waals surface area (Å²) in [5.41, 5.74) is 0.895. The molecule has 2 rings (SSSR count).